The van der Waals surface area contributed by atoms with E-state index in [-0.39, 0.29) is 30.0 Å². The Kier molecular flexibility index (Phi) is 8.87. The lowest BCUT2D eigenvalue weighted by Gasteiger charge is -2.23. The monoisotopic (exact) mass is 468 g/mol. The molecule has 6 heteroatoms. The average Bonchev–Trinajstić information content (AvgIpc) is 2.54. The molecule has 3 N–H and O–H groups in total. The van der Waals surface area contributed by atoms with Crippen molar-refractivity contribution in [1.82, 2.24) is 4.90 Å². The fourth-order valence-corrected chi connectivity index (χ4v) is 2.83. The molecule has 0 heterocycles. The predicted molar refractivity (Wildman–Crippen MR) is 121 cm³/mol. The maximum Gasteiger partial charge on any atom is 0.193 e. The molecule has 2 aromatic rings. The molecule has 1 unspecified atom stereocenters. The van der Waals surface area contributed by atoms with E-state index < -0.39 is 0 Å². The van der Waals surface area contributed by atoms with Gasteiger partial charge in [0.15, 0.2) is 5.96 Å². The quantitative estimate of drug-likeness (QED) is 0.383. The molecular weight excluding hydrogens is 439 g/mol. The van der Waals surface area contributed by atoms with Crippen LogP contribution in [0.15, 0.2) is 47.5 Å². The lowest BCUT2D eigenvalue weighted by Crippen LogP contribution is -2.27. The van der Waals surface area contributed by atoms with Gasteiger partial charge in [-0.05, 0) is 68.9 Å². The van der Waals surface area contributed by atoms with E-state index in [2.05, 4.69) is 53.3 Å². The summed E-state index contributed by atoms with van der Waals surface area (Å²) in [5.41, 5.74) is 10.6. The van der Waals surface area contributed by atoms with E-state index in [4.69, 9.17) is 10.5 Å². The lowest BCUT2D eigenvalue weighted by molar-refractivity contribution is 0.305. The summed E-state index contributed by atoms with van der Waals surface area (Å²) in [6.07, 6.45) is 0. The van der Waals surface area contributed by atoms with Crippen molar-refractivity contribution in [2.24, 2.45) is 10.7 Å². The molecule has 0 aliphatic heterocycles. The Bertz CT molecular complexity index is 726. The zero-order chi connectivity index (χ0) is 18.4. The van der Waals surface area contributed by atoms with Gasteiger partial charge in [-0.25, -0.2) is 0 Å². The Balaban J connectivity index is 0.00000338. The molecule has 0 aromatic heterocycles. The molecule has 2 aromatic carbocycles. The van der Waals surface area contributed by atoms with Gasteiger partial charge in [-0.3, -0.25) is 4.99 Å². The number of aliphatic imine (C=N–C) groups is 1. The van der Waals surface area contributed by atoms with Gasteiger partial charge < -0.3 is 20.7 Å². The smallest absolute Gasteiger partial charge is 0.193 e. The van der Waals surface area contributed by atoms with Crippen molar-refractivity contribution in [3.63, 3.8) is 0 Å². The van der Waals surface area contributed by atoms with Gasteiger partial charge in [0.1, 0.15) is 5.75 Å². The summed E-state index contributed by atoms with van der Waals surface area (Å²) >= 11 is 0. The first kappa shape index (κ1) is 22.2. The number of anilines is 1. The number of ether oxygens (including phenoxy) is 1. The molecule has 0 bridgehead atoms. The highest BCUT2D eigenvalue weighted by Crippen LogP contribution is 2.23. The molecule has 0 radical (unpaired) electrons. The molecule has 1 atom stereocenters. The molecule has 0 amide bonds. The Hall–Kier alpha value is -1.80. The summed E-state index contributed by atoms with van der Waals surface area (Å²) < 4.78 is 5.32. The number of hydrogen-bond donors (Lipinski definition) is 2. The zero-order valence-corrected chi connectivity index (χ0v) is 18.4. The van der Waals surface area contributed by atoms with E-state index in [9.17, 15) is 0 Å². The maximum atomic E-state index is 6.08. The number of methoxy groups -OCH3 is 1. The van der Waals surface area contributed by atoms with Gasteiger partial charge in [0.25, 0.3) is 0 Å². The van der Waals surface area contributed by atoms with Crippen LogP contribution in [0.2, 0.25) is 0 Å². The molecule has 0 fully saturated rings. The van der Waals surface area contributed by atoms with Gasteiger partial charge in [-0.2, -0.15) is 0 Å². The number of hydrogen-bond acceptors (Lipinski definition) is 3. The van der Waals surface area contributed by atoms with Gasteiger partial charge >= 0.3 is 0 Å². The van der Waals surface area contributed by atoms with E-state index in [1.54, 1.807) is 7.11 Å². The van der Waals surface area contributed by atoms with Crippen LogP contribution < -0.4 is 15.8 Å². The maximum absolute atomic E-state index is 6.08. The largest absolute Gasteiger partial charge is 0.497 e. The Morgan fingerprint density at radius 1 is 1.15 bits per heavy atom. The molecule has 2 rings (SSSR count). The Labute approximate surface area is 173 Å². The third-order valence-corrected chi connectivity index (χ3v) is 4.03. The second-order valence-electron chi connectivity index (χ2n) is 6.48. The third-order valence-electron chi connectivity index (χ3n) is 4.03. The Morgan fingerprint density at radius 3 is 2.38 bits per heavy atom. The van der Waals surface area contributed by atoms with E-state index >= 15 is 0 Å². The van der Waals surface area contributed by atoms with E-state index in [0.717, 1.165) is 17.0 Å². The van der Waals surface area contributed by atoms with Crippen LogP contribution in [0, 0.1) is 13.8 Å². The molecular formula is C20H29IN4O. The first-order valence-electron chi connectivity index (χ1n) is 8.34. The highest BCUT2D eigenvalue weighted by atomic mass is 127. The normalized spacial score (nSPS) is 12.5. The summed E-state index contributed by atoms with van der Waals surface area (Å²) in [7, 11) is 5.74. The number of halogens is 1. The second-order valence-corrected chi connectivity index (χ2v) is 6.48. The van der Waals surface area contributed by atoms with Crippen molar-refractivity contribution in [1.29, 1.82) is 0 Å². The SMILES string of the molecule is COc1cccc(C(CN=C(N)Nc2cc(C)cc(C)c2)N(C)C)c1.I. The lowest BCUT2D eigenvalue weighted by atomic mass is 10.1. The number of rotatable bonds is 6. The van der Waals surface area contributed by atoms with Gasteiger partial charge in [-0.1, -0.05) is 18.2 Å². The molecule has 142 valence electrons. The van der Waals surface area contributed by atoms with Crippen molar-refractivity contribution >= 4 is 35.6 Å². The molecule has 5 nitrogen and oxygen atoms in total. The first-order valence-corrected chi connectivity index (χ1v) is 8.34. The van der Waals surface area contributed by atoms with Crippen LogP contribution in [-0.2, 0) is 0 Å². The van der Waals surface area contributed by atoms with E-state index in [1.807, 2.05) is 32.3 Å². The topological polar surface area (TPSA) is 62.9 Å². The van der Waals surface area contributed by atoms with Crippen LogP contribution in [0.5, 0.6) is 5.75 Å². The molecule has 26 heavy (non-hydrogen) atoms. The molecule has 0 aliphatic rings. The third kappa shape index (κ3) is 6.49. The van der Waals surface area contributed by atoms with Crippen LogP contribution in [0.3, 0.4) is 0 Å². The van der Waals surface area contributed by atoms with Gasteiger partial charge in [-0.15, -0.1) is 24.0 Å². The second kappa shape index (κ2) is 10.4. The van der Waals surface area contributed by atoms with Crippen molar-refractivity contribution in [2.75, 3.05) is 33.1 Å². The predicted octanol–water partition coefficient (Wildman–Crippen LogP) is 3.96. The average molecular weight is 468 g/mol. The number of likely N-dealkylation sites (N-methyl/N-ethyl adjacent to an activating group) is 1. The first-order chi connectivity index (χ1) is 11.9. The van der Waals surface area contributed by atoms with Crippen molar-refractivity contribution in [3.8, 4) is 5.75 Å². The molecule has 0 spiro atoms. The highest BCUT2D eigenvalue weighted by molar-refractivity contribution is 14.0. The summed E-state index contributed by atoms with van der Waals surface area (Å²) in [6.45, 7) is 4.69. The number of nitrogens with two attached hydrogens (primary N) is 1. The highest BCUT2D eigenvalue weighted by Gasteiger charge is 2.14. The number of nitrogens with one attached hydrogen (secondary N) is 1. The molecule has 0 saturated heterocycles. The number of aryl methyl sites for hydroxylation is 2. The molecule has 0 aliphatic carbocycles. The fraction of sp³-hybridized carbons (Fsp3) is 0.350. The minimum Gasteiger partial charge on any atom is -0.497 e. The number of guanidine groups is 1. The minimum absolute atomic E-state index is 0. The van der Waals surface area contributed by atoms with Crippen LogP contribution in [0.1, 0.15) is 22.7 Å². The van der Waals surface area contributed by atoms with Crippen LogP contribution in [0.25, 0.3) is 0 Å². The van der Waals surface area contributed by atoms with Gasteiger partial charge in [0.05, 0.1) is 19.7 Å². The van der Waals surface area contributed by atoms with Crippen molar-refractivity contribution in [2.45, 2.75) is 19.9 Å². The summed E-state index contributed by atoms with van der Waals surface area (Å²) in [6, 6.07) is 14.4. The van der Waals surface area contributed by atoms with Gasteiger partial charge in [0, 0.05) is 5.69 Å². The van der Waals surface area contributed by atoms with Crippen LogP contribution in [0.4, 0.5) is 5.69 Å². The Morgan fingerprint density at radius 2 is 1.81 bits per heavy atom. The number of benzene rings is 2. The van der Waals surface area contributed by atoms with E-state index in [0.29, 0.717) is 12.5 Å². The van der Waals surface area contributed by atoms with E-state index in [1.165, 1.54) is 11.1 Å². The number of nitrogens with zero attached hydrogens (tertiary/aromatic N) is 2. The minimum atomic E-state index is 0. The van der Waals surface area contributed by atoms with Crippen LogP contribution >= 0.6 is 24.0 Å². The van der Waals surface area contributed by atoms with Crippen molar-refractivity contribution in [3.05, 3.63) is 59.2 Å². The summed E-state index contributed by atoms with van der Waals surface area (Å²) in [4.78, 5) is 6.66. The summed E-state index contributed by atoms with van der Waals surface area (Å²) in [5.74, 6) is 1.26. The zero-order valence-electron chi connectivity index (χ0n) is 16.1. The van der Waals surface area contributed by atoms with Gasteiger partial charge in [0.2, 0.25) is 0 Å². The standard InChI is InChI=1S/C20H28N4O.HI/c1-14-9-15(2)11-17(10-14)23-20(21)22-13-19(24(3)4)16-7-6-8-18(12-16)25-5;/h6-12,19H,13H2,1-5H3,(H3,21,22,23);1H. The molecule has 0 saturated carbocycles. The van der Waals surface area contributed by atoms with Crippen LogP contribution in [-0.4, -0.2) is 38.6 Å². The fourth-order valence-electron chi connectivity index (χ4n) is 2.83. The van der Waals surface area contributed by atoms with Crippen molar-refractivity contribution < 1.29 is 4.74 Å². The summed E-state index contributed by atoms with van der Waals surface area (Å²) in [5, 5.41) is 3.18.